The summed E-state index contributed by atoms with van der Waals surface area (Å²) in [4.78, 5) is 11.6. The molecule has 0 amide bonds. The first-order valence-electron chi connectivity index (χ1n) is 5.40. The molecule has 0 fully saturated rings. The Morgan fingerprint density at radius 2 is 2.07 bits per heavy atom. The Bertz CT molecular complexity index is 428. The molecule has 80 valence electrons. The summed E-state index contributed by atoms with van der Waals surface area (Å²) in [7, 11) is 5.54. The van der Waals surface area contributed by atoms with E-state index in [2.05, 4.69) is 21.9 Å². The topological polar surface area (TPSA) is 41.6 Å². The second-order valence-corrected chi connectivity index (χ2v) is 3.04. The van der Waals surface area contributed by atoms with Gasteiger partial charge in [-0.3, -0.25) is 0 Å². The monoisotopic (exact) mass is 203 g/mol. The Balaban J connectivity index is 0.000000711. The summed E-state index contributed by atoms with van der Waals surface area (Å²) in [6.07, 6.45) is 2.03. The second-order valence-electron chi connectivity index (χ2n) is 3.04. The van der Waals surface area contributed by atoms with Crippen molar-refractivity contribution in [1.82, 2.24) is 15.0 Å². The van der Waals surface area contributed by atoms with E-state index in [-0.39, 0.29) is 1.43 Å². The summed E-state index contributed by atoms with van der Waals surface area (Å²) in [5.74, 6) is 0.982. The quantitative estimate of drug-likeness (QED) is 0.758. The molecule has 0 aliphatic rings. The van der Waals surface area contributed by atoms with E-state index in [9.17, 15) is 0 Å². The van der Waals surface area contributed by atoms with Gasteiger partial charge in [0.25, 0.3) is 0 Å². The van der Waals surface area contributed by atoms with Crippen molar-refractivity contribution in [2.75, 3.05) is 0 Å². The lowest BCUT2D eigenvalue weighted by Crippen LogP contribution is -2.06. The molecule has 0 saturated carbocycles. The molecule has 0 aliphatic carbocycles. The molecular weight excluding hydrogens is 185 g/mol. The highest BCUT2D eigenvalue weighted by Gasteiger charge is 2.01. The molecule has 2 aromatic rings. The van der Waals surface area contributed by atoms with Gasteiger partial charge in [0.15, 0.2) is 5.65 Å². The van der Waals surface area contributed by atoms with Gasteiger partial charge in [-0.2, -0.15) is 0 Å². The van der Waals surface area contributed by atoms with Crippen LogP contribution in [0.25, 0.3) is 11.2 Å². The van der Waals surface area contributed by atoms with Crippen molar-refractivity contribution < 1.29 is 1.43 Å². The Hall–Kier alpha value is -1.32. The van der Waals surface area contributed by atoms with Crippen LogP contribution in [-0.4, -0.2) is 22.8 Å². The fourth-order valence-corrected chi connectivity index (χ4v) is 1.31. The molecule has 4 heteroatoms. The van der Waals surface area contributed by atoms with Gasteiger partial charge in [-0.15, -0.1) is 0 Å². The van der Waals surface area contributed by atoms with Gasteiger partial charge >= 0.3 is 0 Å². The average molecular weight is 203 g/mol. The molecule has 0 saturated heterocycles. The Kier molecular flexibility index (Phi) is 4.34. The summed E-state index contributed by atoms with van der Waals surface area (Å²) in [5, 5.41) is 0. The maximum atomic E-state index is 5.54. The summed E-state index contributed by atoms with van der Waals surface area (Å²) in [6, 6.07) is 3.68. The van der Waals surface area contributed by atoms with Gasteiger partial charge < -0.3 is 4.98 Å². The van der Waals surface area contributed by atoms with Crippen molar-refractivity contribution in [3.05, 3.63) is 18.0 Å². The van der Waals surface area contributed by atoms with Crippen molar-refractivity contribution in [3.63, 3.8) is 0 Å². The molecule has 0 spiro atoms. The van der Waals surface area contributed by atoms with E-state index in [1.807, 2.05) is 19.9 Å². The van der Waals surface area contributed by atoms with E-state index >= 15 is 0 Å². The standard InChI is InChI=1S/C9H10BN3.C2H6.H2/c1-2-3-8-11-6-4-5-7(10)12-9(6)13-8;1-2;/h4-5H,2-3H2,1H3,(H,11,12,13);1-2H3;1H. The number of H-pyrrole nitrogens is 1. The molecule has 1 N–H and O–H groups in total. The third-order valence-corrected chi connectivity index (χ3v) is 1.90. The van der Waals surface area contributed by atoms with E-state index in [1.165, 1.54) is 0 Å². The van der Waals surface area contributed by atoms with Crippen LogP contribution in [0.5, 0.6) is 0 Å². The fourth-order valence-electron chi connectivity index (χ4n) is 1.31. The maximum Gasteiger partial charge on any atom is 0.177 e. The molecule has 0 atom stereocenters. The number of rotatable bonds is 2. The Morgan fingerprint density at radius 3 is 2.73 bits per heavy atom. The van der Waals surface area contributed by atoms with E-state index in [4.69, 9.17) is 7.85 Å². The number of nitrogens with zero attached hydrogens (tertiary/aromatic N) is 2. The maximum absolute atomic E-state index is 5.54. The third kappa shape index (κ3) is 2.81. The predicted molar refractivity (Wildman–Crippen MR) is 66.7 cm³/mol. The van der Waals surface area contributed by atoms with Crippen LogP contribution in [0.1, 0.15) is 34.4 Å². The molecule has 2 aromatic heterocycles. The van der Waals surface area contributed by atoms with E-state index in [1.54, 1.807) is 6.07 Å². The summed E-state index contributed by atoms with van der Waals surface area (Å²) in [5.41, 5.74) is 2.18. The number of aryl methyl sites for hydroxylation is 1. The van der Waals surface area contributed by atoms with Crippen LogP contribution < -0.4 is 5.59 Å². The lowest BCUT2D eigenvalue weighted by atomic mass is 10.0. The van der Waals surface area contributed by atoms with E-state index < -0.39 is 0 Å². The smallest absolute Gasteiger partial charge is 0.177 e. The van der Waals surface area contributed by atoms with Crippen LogP contribution in [0, 0.1) is 0 Å². The van der Waals surface area contributed by atoms with Gasteiger partial charge in [-0.25, -0.2) is 9.97 Å². The summed E-state index contributed by atoms with van der Waals surface area (Å²) >= 11 is 0. The highest BCUT2D eigenvalue weighted by atomic mass is 15.0. The molecular formula is C11H18BN3. The minimum absolute atomic E-state index is 0. The van der Waals surface area contributed by atoms with E-state index in [0.717, 1.165) is 24.2 Å². The van der Waals surface area contributed by atoms with Gasteiger partial charge in [0.05, 0.1) is 5.52 Å². The number of hydrogen-bond acceptors (Lipinski definition) is 2. The molecule has 0 aliphatic heterocycles. The number of imidazole rings is 1. The highest BCUT2D eigenvalue weighted by Crippen LogP contribution is 2.07. The lowest BCUT2D eigenvalue weighted by Gasteiger charge is -1.88. The summed E-state index contributed by atoms with van der Waals surface area (Å²) < 4.78 is 0. The predicted octanol–water partition coefficient (Wildman–Crippen LogP) is 1.98. The minimum atomic E-state index is 0. The first-order valence-corrected chi connectivity index (χ1v) is 5.40. The van der Waals surface area contributed by atoms with Gasteiger partial charge in [0.2, 0.25) is 0 Å². The van der Waals surface area contributed by atoms with Crippen LogP contribution in [0.2, 0.25) is 0 Å². The number of aromatic nitrogens is 3. The van der Waals surface area contributed by atoms with Crippen LogP contribution in [-0.2, 0) is 6.42 Å². The van der Waals surface area contributed by atoms with Gasteiger partial charge in [-0.05, 0) is 24.1 Å². The molecule has 0 aromatic carbocycles. The first kappa shape index (κ1) is 11.8. The van der Waals surface area contributed by atoms with Crippen LogP contribution in [0.3, 0.4) is 0 Å². The van der Waals surface area contributed by atoms with Crippen molar-refractivity contribution in [2.24, 2.45) is 0 Å². The fraction of sp³-hybridized carbons (Fsp3) is 0.455. The first-order chi connectivity index (χ1) is 7.29. The van der Waals surface area contributed by atoms with Gasteiger partial charge in [0.1, 0.15) is 13.7 Å². The molecule has 2 radical (unpaired) electrons. The number of aromatic amines is 1. The highest BCUT2D eigenvalue weighted by molar-refractivity contribution is 6.30. The molecule has 0 unspecified atom stereocenters. The molecule has 15 heavy (non-hydrogen) atoms. The largest absolute Gasteiger partial charge is 0.341 e. The van der Waals surface area contributed by atoms with Crippen molar-refractivity contribution in [2.45, 2.75) is 33.6 Å². The zero-order chi connectivity index (χ0) is 11.3. The van der Waals surface area contributed by atoms with Crippen LogP contribution in [0.15, 0.2) is 12.1 Å². The molecule has 0 bridgehead atoms. The zero-order valence-corrected chi connectivity index (χ0v) is 9.54. The van der Waals surface area contributed by atoms with E-state index in [0.29, 0.717) is 11.2 Å². The number of hydrogen-bond donors (Lipinski definition) is 1. The number of pyridine rings is 1. The van der Waals surface area contributed by atoms with Crippen LogP contribution in [0.4, 0.5) is 0 Å². The van der Waals surface area contributed by atoms with Gasteiger partial charge in [0, 0.05) is 7.85 Å². The Labute approximate surface area is 93.2 Å². The molecule has 2 heterocycles. The van der Waals surface area contributed by atoms with Crippen molar-refractivity contribution in [3.8, 4) is 0 Å². The van der Waals surface area contributed by atoms with Crippen molar-refractivity contribution in [1.29, 1.82) is 0 Å². The SMILES string of the molecule is CC.[B]c1ccc2[nH]c(CCC)nc2n1.[HH]. The van der Waals surface area contributed by atoms with Crippen molar-refractivity contribution >= 4 is 24.6 Å². The minimum Gasteiger partial charge on any atom is -0.341 e. The zero-order valence-electron chi connectivity index (χ0n) is 9.54. The van der Waals surface area contributed by atoms with Gasteiger partial charge in [-0.1, -0.05) is 20.8 Å². The number of fused-ring (bicyclic) bond motifs is 1. The third-order valence-electron chi connectivity index (χ3n) is 1.90. The number of nitrogens with one attached hydrogen (secondary N) is 1. The normalized spacial score (nSPS) is 9.80. The molecule has 2 rings (SSSR count). The van der Waals surface area contributed by atoms with Crippen LogP contribution >= 0.6 is 0 Å². The molecule has 3 nitrogen and oxygen atoms in total. The summed E-state index contributed by atoms with van der Waals surface area (Å²) in [6.45, 7) is 6.12. The Morgan fingerprint density at radius 1 is 1.33 bits per heavy atom. The lowest BCUT2D eigenvalue weighted by molar-refractivity contribution is 0.860. The second kappa shape index (κ2) is 5.54. The average Bonchev–Trinajstić information content (AvgIpc) is 2.63.